The summed E-state index contributed by atoms with van der Waals surface area (Å²) in [5, 5.41) is 0. The van der Waals surface area contributed by atoms with Crippen molar-refractivity contribution in [3.05, 3.63) is 95.6 Å². The maximum Gasteiger partial charge on any atom is 0.415 e. The van der Waals surface area contributed by atoms with Crippen molar-refractivity contribution in [1.29, 1.82) is 0 Å². The van der Waals surface area contributed by atoms with Crippen molar-refractivity contribution < 1.29 is 27.5 Å². The van der Waals surface area contributed by atoms with Crippen molar-refractivity contribution in [2.45, 2.75) is 38.8 Å². The number of hydrogen-bond acceptors (Lipinski definition) is 3. The predicted octanol–water partition coefficient (Wildman–Crippen LogP) is 6.49. The molecule has 1 amide bonds. The number of halogens is 2. The first-order valence-electron chi connectivity index (χ1n) is 13.4. The number of piperidine rings is 3. The molecule has 0 aliphatic carbocycles. The highest BCUT2D eigenvalue weighted by molar-refractivity contribution is 5.87. The molecule has 3 fully saturated rings. The Labute approximate surface area is 223 Å². The van der Waals surface area contributed by atoms with Gasteiger partial charge in [0.25, 0.3) is 0 Å². The van der Waals surface area contributed by atoms with E-state index in [9.17, 15) is 13.6 Å². The maximum absolute atomic E-state index is 14.7. The summed E-state index contributed by atoms with van der Waals surface area (Å²) in [6, 6.07) is 20.1. The first kappa shape index (κ1) is 26.2. The van der Waals surface area contributed by atoms with Gasteiger partial charge in [0.05, 0.1) is 38.5 Å². The van der Waals surface area contributed by atoms with Crippen LogP contribution in [0.2, 0.25) is 0 Å². The second kappa shape index (κ2) is 11.5. The average molecular weight is 522 g/mol. The van der Waals surface area contributed by atoms with Gasteiger partial charge in [-0.05, 0) is 54.4 Å². The molecule has 0 spiro atoms. The molecule has 7 heteroatoms. The smallest absolute Gasteiger partial charge is 0.415 e. The molecule has 0 radical (unpaired) electrons. The highest BCUT2D eigenvalue weighted by Crippen LogP contribution is 2.36. The number of benzene rings is 3. The summed E-state index contributed by atoms with van der Waals surface area (Å²) in [6.07, 6.45) is 2.15. The minimum atomic E-state index is -0.570. The van der Waals surface area contributed by atoms with Gasteiger partial charge in [0.1, 0.15) is 23.9 Å². The third kappa shape index (κ3) is 6.16. The number of fused-ring (bicyclic) bond motifs is 3. The number of hydrogen-bond donors (Lipinski definition) is 0. The van der Waals surface area contributed by atoms with Crippen molar-refractivity contribution in [3.8, 4) is 5.75 Å². The molecule has 0 N–H and O–H groups in total. The van der Waals surface area contributed by atoms with Crippen LogP contribution in [0.15, 0.2) is 72.8 Å². The molecule has 5 nitrogen and oxygen atoms in total. The number of carbonyl (C=O) groups excluding carboxylic acids is 1. The van der Waals surface area contributed by atoms with Crippen LogP contribution in [0.3, 0.4) is 0 Å². The van der Waals surface area contributed by atoms with E-state index in [1.165, 1.54) is 28.7 Å². The lowest BCUT2D eigenvalue weighted by atomic mass is 9.83. The molecule has 3 saturated heterocycles. The molecule has 3 aromatic carbocycles. The number of ether oxygens (including phenoxy) is 2. The number of carbonyl (C=O) groups is 1. The Morgan fingerprint density at radius 1 is 1.00 bits per heavy atom. The van der Waals surface area contributed by atoms with Crippen LogP contribution in [0, 0.1) is 24.5 Å². The second-order valence-electron chi connectivity index (χ2n) is 10.6. The normalized spacial score (nSPS) is 22.2. The van der Waals surface area contributed by atoms with Gasteiger partial charge >= 0.3 is 6.09 Å². The number of para-hydroxylation sites is 1. The molecule has 3 aromatic rings. The lowest BCUT2D eigenvalue weighted by Gasteiger charge is -2.52. The minimum Gasteiger partial charge on any atom is -0.493 e. The Hall–Kier alpha value is -3.45. The van der Waals surface area contributed by atoms with Crippen molar-refractivity contribution >= 4 is 11.8 Å². The quantitative estimate of drug-likeness (QED) is 0.239. The fraction of sp³-hybridized carbons (Fsp3) is 0.387. The summed E-state index contributed by atoms with van der Waals surface area (Å²) < 4.78 is 41.2. The van der Waals surface area contributed by atoms with E-state index >= 15 is 0 Å². The van der Waals surface area contributed by atoms with Gasteiger partial charge in [-0.25, -0.2) is 13.6 Å². The molecule has 1 unspecified atom stereocenters. The zero-order valence-corrected chi connectivity index (χ0v) is 21.8. The van der Waals surface area contributed by atoms with E-state index in [4.69, 9.17) is 9.47 Å². The van der Waals surface area contributed by atoms with Gasteiger partial charge in [0, 0.05) is 25.2 Å². The highest BCUT2D eigenvalue weighted by atomic mass is 19.1. The van der Waals surface area contributed by atoms with Crippen molar-refractivity contribution in [2.75, 3.05) is 37.7 Å². The van der Waals surface area contributed by atoms with E-state index in [0.717, 1.165) is 55.7 Å². The molecule has 3 aliphatic rings. The lowest BCUT2D eigenvalue weighted by molar-refractivity contribution is -0.946. The molecule has 0 saturated carbocycles. The number of quaternary nitrogens is 1. The largest absolute Gasteiger partial charge is 0.493 e. The number of amides is 1. The van der Waals surface area contributed by atoms with E-state index in [1.54, 1.807) is 30.3 Å². The fourth-order valence-electron chi connectivity index (χ4n) is 5.85. The van der Waals surface area contributed by atoms with Crippen LogP contribution < -0.4 is 9.64 Å². The van der Waals surface area contributed by atoms with Crippen LogP contribution in [-0.2, 0) is 11.3 Å². The average Bonchev–Trinajstić information content (AvgIpc) is 2.92. The summed E-state index contributed by atoms with van der Waals surface area (Å²) >= 11 is 0. The maximum atomic E-state index is 14.7. The van der Waals surface area contributed by atoms with Crippen LogP contribution in [0.5, 0.6) is 5.75 Å². The molecular weight excluding hydrogens is 486 g/mol. The summed E-state index contributed by atoms with van der Waals surface area (Å²) in [6.45, 7) is 6.69. The lowest BCUT2D eigenvalue weighted by Crippen LogP contribution is -2.65. The molecule has 0 aromatic heterocycles. The SMILES string of the molecule is Cc1cccc(OCCC[N+]23CCC(CC2)C(OC(=O)N(Cc2ccc(F)cc2)c2ccccc2F)C3)c1. The standard InChI is InChI=1S/C31H35F2N2O3/c1-23-6-4-7-27(20-23)37-19-5-16-35-17-14-25(15-18-35)30(22-35)38-31(36)34(29-9-3-2-8-28(29)33)21-24-10-12-26(32)13-11-24/h2-4,6-13,20,25,30H,5,14-19,21-22H2,1H3/q+1. The number of anilines is 1. The Morgan fingerprint density at radius 2 is 1.76 bits per heavy atom. The summed E-state index contributed by atoms with van der Waals surface area (Å²) in [5.74, 6) is 0.344. The molecule has 6 rings (SSSR count). The van der Waals surface area contributed by atoms with Crippen LogP contribution in [0.25, 0.3) is 0 Å². The molecule has 2 bridgehead atoms. The van der Waals surface area contributed by atoms with E-state index in [1.807, 2.05) is 18.2 Å². The van der Waals surface area contributed by atoms with Gasteiger partial charge < -0.3 is 14.0 Å². The van der Waals surface area contributed by atoms with E-state index in [-0.39, 0.29) is 24.2 Å². The van der Waals surface area contributed by atoms with Crippen LogP contribution >= 0.6 is 0 Å². The number of nitrogens with zero attached hydrogens (tertiary/aromatic N) is 2. The third-order valence-electron chi connectivity index (χ3n) is 7.95. The molecule has 1 atom stereocenters. The van der Waals surface area contributed by atoms with Crippen LogP contribution in [0.4, 0.5) is 19.3 Å². The zero-order chi connectivity index (χ0) is 26.5. The van der Waals surface area contributed by atoms with Gasteiger partial charge in [0.15, 0.2) is 6.10 Å². The summed E-state index contributed by atoms with van der Waals surface area (Å²) in [4.78, 5) is 14.8. The molecule has 3 heterocycles. The summed E-state index contributed by atoms with van der Waals surface area (Å²) in [7, 11) is 0. The van der Waals surface area contributed by atoms with Gasteiger partial charge in [-0.3, -0.25) is 4.90 Å². The molecule has 38 heavy (non-hydrogen) atoms. The zero-order valence-electron chi connectivity index (χ0n) is 21.8. The monoisotopic (exact) mass is 521 g/mol. The second-order valence-corrected chi connectivity index (χ2v) is 10.6. The van der Waals surface area contributed by atoms with Crippen LogP contribution in [0.1, 0.15) is 30.4 Å². The van der Waals surface area contributed by atoms with Crippen molar-refractivity contribution in [2.24, 2.45) is 5.92 Å². The van der Waals surface area contributed by atoms with E-state index in [0.29, 0.717) is 18.1 Å². The number of aryl methyl sites for hydroxylation is 1. The van der Waals surface area contributed by atoms with Gasteiger partial charge in [-0.1, -0.05) is 36.4 Å². The predicted molar refractivity (Wildman–Crippen MR) is 143 cm³/mol. The van der Waals surface area contributed by atoms with E-state index < -0.39 is 11.9 Å². The fourth-order valence-corrected chi connectivity index (χ4v) is 5.85. The molecule has 3 aliphatic heterocycles. The Bertz CT molecular complexity index is 1240. The Balaban J connectivity index is 1.23. The Morgan fingerprint density at radius 3 is 2.50 bits per heavy atom. The summed E-state index contributed by atoms with van der Waals surface area (Å²) in [5.41, 5.74) is 2.02. The van der Waals surface area contributed by atoms with Crippen molar-refractivity contribution in [1.82, 2.24) is 0 Å². The van der Waals surface area contributed by atoms with Gasteiger partial charge in [0.2, 0.25) is 0 Å². The van der Waals surface area contributed by atoms with Gasteiger partial charge in [-0.15, -0.1) is 0 Å². The minimum absolute atomic E-state index is 0.0910. The Kier molecular flexibility index (Phi) is 7.93. The van der Waals surface area contributed by atoms with Crippen LogP contribution in [-0.4, -0.2) is 49.5 Å². The van der Waals surface area contributed by atoms with Gasteiger partial charge in [-0.2, -0.15) is 0 Å². The van der Waals surface area contributed by atoms with Crippen molar-refractivity contribution in [3.63, 3.8) is 0 Å². The first-order chi connectivity index (χ1) is 18.4. The first-order valence-corrected chi connectivity index (χ1v) is 13.4. The highest BCUT2D eigenvalue weighted by Gasteiger charge is 2.47. The molecule has 200 valence electrons. The third-order valence-corrected chi connectivity index (χ3v) is 7.95. The number of rotatable bonds is 9. The topological polar surface area (TPSA) is 38.8 Å². The molecular formula is C31H35F2N2O3+. The van der Waals surface area contributed by atoms with E-state index in [2.05, 4.69) is 13.0 Å².